The molecule has 0 radical (unpaired) electrons. The molecule has 2 aliphatic carbocycles. The fourth-order valence-electron chi connectivity index (χ4n) is 3.08. The molecule has 1 aromatic heterocycles. The maximum Gasteiger partial charge on any atom is 0.0535 e. The molecule has 3 nitrogen and oxygen atoms in total. The molecule has 3 atom stereocenters. The number of hydrogen-bond acceptors (Lipinski definition) is 2. The molecule has 0 saturated heterocycles. The van der Waals surface area contributed by atoms with E-state index in [1.165, 1.54) is 24.1 Å². The Labute approximate surface area is 96.3 Å². The predicted octanol–water partition coefficient (Wildman–Crippen LogP) is 2.02. The molecule has 0 spiro atoms. The molecule has 0 aromatic carbocycles. The van der Waals surface area contributed by atoms with Gasteiger partial charge in [-0.1, -0.05) is 12.2 Å². The molecule has 2 bridgehead atoms. The van der Waals surface area contributed by atoms with Crippen LogP contribution in [0.4, 0.5) is 0 Å². The lowest BCUT2D eigenvalue weighted by Crippen LogP contribution is -2.25. The number of nitrogens with zero attached hydrogens (tertiary/aromatic N) is 1. The Kier molecular flexibility index (Phi) is 2.56. The molecular formula is C13H19N3. The van der Waals surface area contributed by atoms with Gasteiger partial charge in [-0.05, 0) is 44.1 Å². The van der Waals surface area contributed by atoms with E-state index >= 15 is 0 Å². The summed E-state index contributed by atoms with van der Waals surface area (Å²) >= 11 is 0. The van der Waals surface area contributed by atoms with Gasteiger partial charge in [-0.15, -0.1) is 0 Å². The highest BCUT2D eigenvalue weighted by Crippen LogP contribution is 2.42. The minimum absolute atomic E-state index is 0.850. The summed E-state index contributed by atoms with van der Waals surface area (Å²) in [5.74, 6) is 2.60. The van der Waals surface area contributed by atoms with Crippen LogP contribution in [0.2, 0.25) is 0 Å². The molecule has 2 aliphatic rings. The highest BCUT2D eigenvalue weighted by molar-refractivity contribution is 5.14. The lowest BCUT2D eigenvalue weighted by Gasteiger charge is -2.18. The van der Waals surface area contributed by atoms with Gasteiger partial charge in [0.05, 0.1) is 6.20 Å². The zero-order chi connectivity index (χ0) is 11.0. The van der Waals surface area contributed by atoms with Crippen molar-refractivity contribution in [2.45, 2.75) is 26.3 Å². The van der Waals surface area contributed by atoms with Crippen molar-refractivity contribution in [2.75, 3.05) is 6.54 Å². The van der Waals surface area contributed by atoms with Gasteiger partial charge in [-0.25, -0.2) is 0 Å². The number of allylic oxidation sites excluding steroid dienone is 2. The lowest BCUT2D eigenvalue weighted by molar-refractivity contribution is 0.414. The molecule has 1 fully saturated rings. The largest absolute Gasteiger partial charge is 0.312 e. The third-order valence-electron chi connectivity index (χ3n) is 4.07. The molecule has 3 rings (SSSR count). The molecule has 3 unspecified atom stereocenters. The van der Waals surface area contributed by atoms with Crippen molar-refractivity contribution in [3.05, 3.63) is 29.6 Å². The van der Waals surface area contributed by atoms with Crippen molar-refractivity contribution < 1.29 is 0 Å². The maximum absolute atomic E-state index is 4.03. The van der Waals surface area contributed by atoms with Crippen LogP contribution in [0, 0.1) is 24.7 Å². The zero-order valence-electron chi connectivity index (χ0n) is 9.74. The van der Waals surface area contributed by atoms with Gasteiger partial charge in [0.2, 0.25) is 0 Å². The minimum atomic E-state index is 0.850. The van der Waals surface area contributed by atoms with Crippen LogP contribution in [0.3, 0.4) is 0 Å². The fraction of sp³-hybridized carbons (Fsp3) is 0.615. The third-order valence-corrected chi connectivity index (χ3v) is 4.07. The van der Waals surface area contributed by atoms with Crippen LogP contribution >= 0.6 is 0 Å². The van der Waals surface area contributed by atoms with Crippen LogP contribution in [0.1, 0.15) is 24.1 Å². The molecule has 86 valence electrons. The van der Waals surface area contributed by atoms with Crippen LogP contribution < -0.4 is 5.32 Å². The van der Waals surface area contributed by atoms with Crippen LogP contribution in [0.25, 0.3) is 0 Å². The van der Waals surface area contributed by atoms with Crippen molar-refractivity contribution in [1.82, 2.24) is 15.5 Å². The second-order valence-corrected chi connectivity index (χ2v) is 5.19. The standard InChI is InChI=1S/C13H19N3/c1-9-13(8-15-16-9)7-14-6-12-5-10-2-3-11(12)4-10/h2-3,8,10-12,14H,4-7H2,1H3,(H,15,16). The molecule has 3 heteroatoms. The number of fused-ring (bicyclic) bond motifs is 2. The van der Waals surface area contributed by atoms with Crippen molar-refractivity contribution in [2.24, 2.45) is 17.8 Å². The van der Waals surface area contributed by atoms with Gasteiger partial charge < -0.3 is 5.32 Å². The van der Waals surface area contributed by atoms with Gasteiger partial charge in [0, 0.05) is 17.8 Å². The van der Waals surface area contributed by atoms with Crippen LogP contribution in [-0.4, -0.2) is 16.7 Å². The topological polar surface area (TPSA) is 40.7 Å². The smallest absolute Gasteiger partial charge is 0.0535 e. The Bertz CT molecular complexity index is 394. The number of nitrogens with one attached hydrogen (secondary N) is 2. The summed E-state index contributed by atoms with van der Waals surface area (Å²) in [7, 11) is 0. The summed E-state index contributed by atoms with van der Waals surface area (Å²) in [6.07, 6.45) is 9.53. The second-order valence-electron chi connectivity index (χ2n) is 5.19. The Hall–Kier alpha value is -1.09. The van der Waals surface area contributed by atoms with Gasteiger partial charge in [0.15, 0.2) is 0 Å². The molecule has 1 aromatic rings. The van der Waals surface area contributed by atoms with Crippen molar-refractivity contribution in [3.63, 3.8) is 0 Å². The highest BCUT2D eigenvalue weighted by atomic mass is 15.1. The van der Waals surface area contributed by atoms with Crippen molar-refractivity contribution >= 4 is 0 Å². The molecule has 0 aliphatic heterocycles. The Balaban J connectivity index is 1.48. The van der Waals surface area contributed by atoms with E-state index in [-0.39, 0.29) is 0 Å². The predicted molar refractivity (Wildman–Crippen MR) is 63.9 cm³/mol. The molecule has 2 N–H and O–H groups in total. The van der Waals surface area contributed by atoms with E-state index < -0.39 is 0 Å². The average molecular weight is 217 g/mol. The van der Waals surface area contributed by atoms with Gasteiger partial charge >= 0.3 is 0 Å². The van der Waals surface area contributed by atoms with E-state index in [0.29, 0.717) is 0 Å². The van der Waals surface area contributed by atoms with Gasteiger partial charge in [0.25, 0.3) is 0 Å². The van der Waals surface area contributed by atoms with Gasteiger partial charge in [-0.3, -0.25) is 5.10 Å². The normalized spacial score (nSPS) is 31.4. The van der Waals surface area contributed by atoms with Gasteiger partial charge in [-0.2, -0.15) is 5.10 Å². The van der Waals surface area contributed by atoms with E-state index in [0.717, 1.165) is 30.8 Å². The first kappa shape index (κ1) is 10.1. The average Bonchev–Trinajstić information content (AvgIpc) is 2.96. The Morgan fingerprint density at radius 1 is 1.44 bits per heavy atom. The number of hydrogen-bond donors (Lipinski definition) is 2. The maximum atomic E-state index is 4.03. The monoisotopic (exact) mass is 217 g/mol. The molecule has 1 heterocycles. The molecule has 16 heavy (non-hydrogen) atoms. The summed E-state index contributed by atoms with van der Waals surface area (Å²) in [5, 5.41) is 10.6. The number of H-pyrrole nitrogens is 1. The third kappa shape index (κ3) is 1.80. The van der Waals surface area contributed by atoms with Gasteiger partial charge in [0.1, 0.15) is 0 Å². The number of aromatic nitrogens is 2. The second kappa shape index (κ2) is 4.06. The molecule has 0 amide bonds. The minimum Gasteiger partial charge on any atom is -0.312 e. The van der Waals surface area contributed by atoms with Crippen molar-refractivity contribution in [1.29, 1.82) is 0 Å². The number of aryl methyl sites for hydroxylation is 1. The lowest BCUT2D eigenvalue weighted by atomic mass is 9.93. The fourth-order valence-corrected chi connectivity index (χ4v) is 3.08. The molecular weight excluding hydrogens is 198 g/mol. The van der Waals surface area contributed by atoms with Crippen LogP contribution in [-0.2, 0) is 6.54 Å². The zero-order valence-corrected chi connectivity index (χ0v) is 9.74. The van der Waals surface area contributed by atoms with Crippen LogP contribution in [0.15, 0.2) is 18.3 Å². The summed E-state index contributed by atoms with van der Waals surface area (Å²) in [4.78, 5) is 0. The van der Waals surface area contributed by atoms with Crippen molar-refractivity contribution in [3.8, 4) is 0 Å². The summed E-state index contributed by atoms with van der Waals surface area (Å²) in [6.45, 7) is 4.17. The van der Waals surface area contributed by atoms with Crippen LogP contribution in [0.5, 0.6) is 0 Å². The summed E-state index contributed by atoms with van der Waals surface area (Å²) < 4.78 is 0. The van der Waals surface area contributed by atoms with E-state index in [9.17, 15) is 0 Å². The van der Waals surface area contributed by atoms with E-state index in [2.05, 4.69) is 34.6 Å². The first-order valence-electron chi connectivity index (χ1n) is 6.21. The first-order valence-corrected chi connectivity index (χ1v) is 6.21. The number of rotatable bonds is 4. The highest BCUT2D eigenvalue weighted by Gasteiger charge is 2.34. The van der Waals surface area contributed by atoms with E-state index in [4.69, 9.17) is 0 Å². The number of aromatic amines is 1. The first-order chi connectivity index (χ1) is 7.83. The Morgan fingerprint density at radius 3 is 3.00 bits per heavy atom. The van der Waals surface area contributed by atoms with E-state index in [1.54, 1.807) is 0 Å². The Morgan fingerprint density at radius 2 is 2.38 bits per heavy atom. The van der Waals surface area contributed by atoms with E-state index in [1.807, 2.05) is 6.20 Å². The SMILES string of the molecule is Cc1[nH]ncc1CNCC1CC2C=CC1C2. The quantitative estimate of drug-likeness (QED) is 0.758. The molecule has 1 saturated carbocycles. The summed E-state index contributed by atoms with van der Waals surface area (Å²) in [5.41, 5.74) is 2.47. The summed E-state index contributed by atoms with van der Waals surface area (Å²) in [6, 6.07) is 0.